The number of fused-ring (bicyclic) bond motifs is 1. The van der Waals surface area contributed by atoms with Gasteiger partial charge in [-0.05, 0) is 42.2 Å². The van der Waals surface area contributed by atoms with Crippen LogP contribution in [0, 0.1) is 17.2 Å². The first kappa shape index (κ1) is 14.5. The highest BCUT2D eigenvalue weighted by atomic mass is 19.1. The van der Waals surface area contributed by atoms with Crippen molar-refractivity contribution in [1.29, 1.82) is 0 Å². The van der Waals surface area contributed by atoms with Gasteiger partial charge in [0.25, 0.3) is 0 Å². The van der Waals surface area contributed by atoms with Gasteiger partial charge < -0.3 is 5.73 Å². The van der Waals surface area contributed by atoms with Crippen LogP contribution in [0.25, 0.3) is 0 Å². The molecule has 2 rings (SSSR count). The van der Waals surface area contributed by atoms with Crippen LogP contribution in [-0.2, 0) is 6.42 Å². The lowest BCUT2D eigenvalue weighted by Crippen LogP contribution is -2.32. The maximum Gasteiger partial charge on any atom is 0.128 e. The molecule has 0 fully saturated rings. The van der Waals surface area contributed by atoms with Crippen molar-refractivity contribution in [3.8, 4) is 0 Å². The van der Waals surface area contributed by atoms with E-state index < -0.39 is 0 Å². The zero-order chi connectivity index (χ0) is 14.0. The number of nitrogens with two attached hydrogens (primary N) is 1. The summed E-state index contributed by atoms with van der Waals surface area (Å²) < 4.78 is 14.0. The van der Waals surface area contributed by atoms with Gasteiger partial charge >= 0.3 is 0 Å². The molecule has 1 nitrogen and oxygen atoms in total. The van der Waals surface area contributed by atoms with Crippen LogP contribution in [0.15, 0.2) is 18.2 Å². The molecule has 2 atom stereocenters. The van der Waals surface area contributed by atoms with E-state index in [0.717, 1.165) is 36.8 Å². The van der Waals surface area contributed by atoms with Crippen molar-refractivity contribution in [2.24, 2.45) is 17.1 Å². The molecule has 0 spiro atoms. The first-order valence-electron chi connectivity index (χ1n) is 7.53. The summed E-state index contributed by atoms with van der Waals surface area (Å²) in [5.41, 5.74) is 8.44. The van der Waals surface area contributed by atoms with Crippen molar-refractivity contribution in [2.75, 3.05) is 0 Å². The Labute approximate surface area is 116 Å². The Kier molecular flexibility index (Phi) is 4.29. The average molecular weight is 263 g/mol. The molecule has 0 heterocycles. The van der Waals surface area contributed by atoms with E-state index in [4.69, 9.17) is 5.73 Å². The van der Waals surface area contributed by atoms with Crippen LogP contribution in [0.3, 0.4) is 0 Å². The minimum absolute atomic E-state index is 0.0730. The molecule has 106 valence electrons. The standard InChI is InChI=1S/C17H26FN/c1-4-9-17(10-8-12(2)3)11-13-6-5-7-14(18)15(13)16(17)19/h5-7,12,16H,4,8-11,19H2,1-3H3. The Morgan fingerprint density at radius 2 is 2.11 bits per heavy atom. The topological polar surface area (TPSA) is 26.0 Å². The van der Waals surface area contributed by atoms with Crippen LogP contribution in [0.5, 0.6) is 0 Å². The molecule has 0 aliphatic heterocycles. The number of halogens is 1. The zero-order valence-electron chi connectivity index (χ0n) is 12.4. The third kappa shape index (κ3) is 2.69. The zero-order valence-corrected chi connectivity index (χ0v) is 12.4. The van der Waals surface area contributed by atoms with Gasteiger partial charge in [0.2, 0.25) is 0 Å². The van der Waals surface area contributed by atoms with Gasteiger partial charge in [-0.2, -0.15) is 0 Å². The predicted octanol–water partition coefficient (Wildman–Crippen LogP) is 4.60. The molecule has 0 radical (unpaired) electrons. The first-order chi connectivity index (χ1) is 9.00. The van der Waals surface area contributed by atoms with Crippen molar-refractivity contribution in [2.45, 2.75) is 58.9 Å². The summed E-state index contributed by atoms with van der Waals surface area (Å²) in [7, 11) is 0. The van der Waals surface area contributed by atoms with Gasteiger partial charge in [0, 0.05) is 11.6 Å². The Morgan fingerprint density at radius 3 is 2.68 bits per heavy atom. The monoisotopic (exact) mass is 263 g/mol. The second kappa shape index (κ2) is 5.62. The van der Waals surface area contributed by atoms with E-state index in [1.165, 1.54) is 6.42 Å². The first-order valence-corrected chi connectivity index (χ1v) is 7.53. The van der Waals surface area contributed by atoms with Crippen molar-refractivity contribution >= 4 is 0 Å². The van der Waals surface area contributed by atoms with Crippen molar-refractivity contribution in [3.63, 3.8) is 0 Å². The number of benzene rings is 1. The molecule has 0 saturated carbocycles. The minimum atomic E-state index is -0.137. The van der Waals surface area contributed by atoms with E-state index in [0.29, 0.717) is 5.92 Å². The Balaban J connectivity index is 2.30. The molecule has 1 aromatic carbocycles. The maximum absolute atomic E-state index is 14.0. The highest BCUT2D eigenvalue weighted by Gasteiger charge is 2.44. The smallest absolute Gasteiger partial charge is 0.128 e. The van der Waals surface area contributed by atoms with E-state index in [9.17, 15) is 4.39 Å². The molecule has 0 saturated heterocycles. The summed E-state index contributed by atoms with van der Waals surface area (Å²) in [6.07, 6.45) is 5.43. The molecule has 2 heteroatoms. The van der Waals surface area contributed by atoms with Gasteiger partial charge in [-0.3, -0.25) is 0 Å². The second-order valence-corrected chi connectivity index (χ2v) is 6.51. The third-order valence-electron chi connectivity index (χ3n) is 4.62. The van der Waals surface area contributed by atoms with E-state index in [-0.39, 0.29) is 17.3 Å². The molecule has 1 aliphatic carbocycles. The fourth-order valence-corrected chi connectivity index (χ4v) is 3.57. The Morgan fingerprint density at radius 1 is 1.37 bits per heavy atom. The maximum atomic E-state index is 14.0. The summed E-state index contributed by atoms with van der Waals surface area (Å²) in [4.78, 5) is 0. The quantitative estimate of drug-likeness (QED) is 0.825. The molecular weight excluding hydrogens is 237 g/mol. The molecule has 0 amide bonds. The Bertz CT molecular complexity index is 441. The molecule has 19 heavy (non-hydrogen) atoms. The highest BCUT2D eigenvalue weighted by Crippen LogP contribution is 2.51. The van der Waals surface area contributed by atoms with E-state index in [1.54, 1.807) is 6.07 Å². The SMILES string of the molecule is CCCC1(CCC(C)C)Cc2cccc(F)c2C1N. The lowest BCUT2D eigenvalue weighted by Gasteiger charge is -2.34. The molecule has 0 bridgehead atoms. The molecule has 2 unspecified atom stereocenters. The predicted molar refractivity (Wildman–Crippen MR) is 78.4 cm³/mol. The largest absolute Gasteiger partial charge is 0.323 e. The van der Waals surface area contributed by atoms with E-state index in [1.807, 2.05) is 12.1 Å². The minimum Gasteiger partial charge on any atom is -0.323 e. The average Bonchev–Trinajstić information content (AvgIpc) is 2.63. The van der Waals surface area contributed by atoms with Crippen LogP contribution < -0.4 is 5.73 Å². The van der Waals surface area contributed by atoms with Crippen LogP contribution >= 0.6 is 0 Å². The molecule has 2 N–H and O–H groups in total. The second-order valence-electron chi connectivity index (χ2n) is 6.51. The van der Waals surface area contributed by atoms with Gasteiger partial charge in [0.05, 0.1) is 0 Å². The van der Waals surface area contributed by atoms with Crippen LogP contribution in [0.2, 0.25) is 0 Å². The summed E-state index contributed by atoms with van der Waals surface area (Å²) >= 11 is 0. The lowest BCUT2D eigenvalue weighted by atomic mass is 9.72. The highest BCUT2D eigenvalue weighted by molar-refractivity contribution is 5.39. The van der Waals surface area contributed by atoms with Gasteiger partial charge in [-0.25, -0.2) is 4.39 Å². The summed E-state index contributed by atoms with van der Waals surface area (Å²) in [6.45, 7) is 6.69. The fraction of sp³-hybridized carbons (Fsp3) is 0.647. The lowest BCUT2D eigenvalue weighted by molar-refractivity contribution is 0.187. The summed E-state index contributed by atoms with van der Waals surface area (Å²) in [5.74, 6) is 0.557. The number of hydrogen-bond acceptors (Lipinski definition) is 1. The molecular formula is C17H26FN. The molecule has 1 aromatic rings. The Hall–Kier alpha value is -0.890. The van der Waals surface area contributed by atoms with Crippen LogP contribution in [0.4, 0.5) is 4.39 Å². The van der Waals surface area contributed by atoms with Gasteiger partial charge in [0.1, 0.15) is 5.82 Å². The van der Waals surface area contributed by atoms with Crippen LogP contribution in [0.1, 0.15) is 63.6 Å². The van der Waals surface area contributed by atoms with Gasteiger partial charge in [-0.15, -0.1) is 0 Å². The van der Waals surface area contributed by atoms with Gasteiger partial charge in [-0.1, -0.05) is 45.7 Å². The third-order valence-corrected chi connectivity index (χ3v) is 4.62. The van der Waals surface area contributed by atoms with Crippen molar-refractivity contribution in [3.05, 3.63) is 35.1 Å². The normalized spacial score (nSPS) is 25.9. The summed E-state index contributed by atoms with van der Waals surface area (Å²) in [5, 5.41) is 0. The van der Waals surface area contributed by atoms with Crippen LogP contribution in [-0.4, -0.2) is 0 Å². The fourth-order valence-electron chi connectivity index (χ4n) is 3.57. The number of hydrogen-bond donors (Lipinski definition) is 1. The van der Waals surface area contributed by atoms with Crippen molar-refractivity contribution in [1.82, 2.24) is 0 Å². The van der Waals surface area contributed by atoms with E-state index >= 15 is 0 Å². The summed E-state index contributed by atoms with van der Waals surface area (Å²) in [6, 6.07) is 5.27. The van der Waals surface area contributed by atoms with Gasteiger partial charge in [0.15, 0.2) is 0 Å². The van der Waals surface area contributed by atoms with E-state index in [2.05, 4.69) is 20.8 Å². The molecule has 0 aromatic heterocycles. The molecule has 1 aliphatic rings. The number of rotatable bonds is 5. The van der Waals surface area contributed by atoms with Crippen molar-refractivity contribution < 1.29 is 4.39 Å².